The predicted molar refractivity (Wildman–Crippen MR) is 123 cm³/mol. The van der Waals surface area contributed by atoms with Crippen LogP contribution in [0.4, 0.5) is 18.9 Å². The van der Waals surface area contributed by atoms with E-state index in [0.29, 0.717) is 17.5 Å². The minimum absolute atomic E-state index is 0.0220. The highest BCUT2D eigenvalue weighted by atomic mass is 35.5. The molecule has 0 aliphatic carbocycles. The summed E-state index contributed by atoms with van der Waals surface area (Å²) in [6.07, 6.45) is -0.792. The highest BCUT2D eigenvalue weighted by Gasteiger charge is 2.31. The van der Waals surface area contributed by atoms with Crippen LogP contribution in [0, 0.1) is 0 Å². The quantitative estimate of drug-likeness (QED) is 0.267. The van der Waals surface area contributed by atoms with Crippen molar-refractivity contribution in [3.8, 4) is 11.4 Å². The number of rotatable bonds is 9. The topological polar surface area (TPSA) is 59.8 Å². The summed E-state index contributed by atoms with van der Waals surface area (Å²) in [5, 5.41) is 13.4. The van der Waals surface area contributed by atoms with E-state index < -0.39 is 17.6 Å². The molecule has 0 saturated carbocycles. The summed E-state index contributed by atoms with van der Waals surface area (Å²) < 4.78 is 40.6. The minimum Gasteiger partial charge on any atom is -0.324 e. The number of alkyl halides is 3. The summed E-state index contributed by atoms with van der Waals surface area (Å²) in [4.78, 5) is 13.6. The fraction of sp³-hybridized carbons (Fsp3) is 0.286. The number of anilines is 1. The summed E-state index contributed by atoms with van der Waals surface area (Å²) in [5.41, 5.74) is -0.0414. The molecule has 2 aromatic heterocycles. The molecule has 0 atom stereocenters. The third kappa shape index (κ3) is 5.93. The lowest BCUT2D eigenvalue weighted by molar-refractivity contribution is -0.137. The molecule has 11 heteroatoms. The van der Waals surface area contributed by atoms with Crippen LogP contribution < -0.4 is 5.32 Å². The molecule has 1 aromatic carbocycles. The maximum absolute atomic E-state index is 12.9. The number of carbonyl (C=O) groups excluding carboxylic acids is 1. The second kappa shape index (κ2) is 10.5. The third-order valence-corrected chi connectivity index (χ3v) is 6.63. The second-order valence-electron chi connectivity index (χ2n) is 6.79. The van der Waals surface area contributed by atoms with Crippen LogP contribution in [0.5, 0.6) is 0 Å². The SMILES string of the molecule is C=CCn1c(SCC(=O)Nc2cc(C(F)(F)F)ccc2Cl)nnc1-c1csc(CCC)c1. The van der Waals surface area contributed by atoms with Gasteiger partial charge in [-0.2, -0.15) is 13.2 Å². The number of thioether (sulfide) groups is 1. The van der Waals surface area contributed by atoms with Crippen LogP contribution in [0.25, 0.3) is 11.4 Å². The van der Waals surface area contributed by atoms with E-state index in [1.165, 1.54) is 4.88 Å². The van der Waals surface area contributed by atoms with Crippen molar-refractivity contribution < 1.29 is 18.0 Å². The normalized spacial score (nSPS) is 11.5. The Morgan fingerprint density at radius 3 is 2.81 bits per heavy atom. The first-order valence-corrected chi connectivity index (χ1v) is 11.9. The van der Waals surface area contributed by atoms with Crippen molar-refractivity contribution in [2.45, 2.75) is 37.6 Å². The molecule has 3 rings (SSSR count). The molecule has 0 saturated heterocycles. The number of benzene rings is 1. The van der Waals surface area contributed by atoms with Gasteiger partial charge in [0.2, 0.25) is 5.91 Å². The Morgan fingerprint density at radius 2 is 2.12 bits per heavy atom. The summed E-state index contributed by atoms with van der Waals surface area (Å²) >= 11 is 8.73. The molecule has 0 bridgehead atoms. The van der Waals surface area contributed by atoms with E-state index >= 15 is 0 Å². The molecule has 0 fully saturated rings. The van der Waals surface area contributed by atoms with Gasteiger partial charge in [0.1, 0.15) is 0 Å². The van der Waals surface area contributed by atoms with Crippen LogP contribution in [0.15, 0.2) is 47.5 Å². The van der Waals surface area contributed by atoms with Crippen molar-refractivity contribution in [2.24, 2.45) is 0 Å². The molecule has 5 nitrogen and oxygen atoms in total. The molecule has 32 heavy (non-hydrogen) atoms. The van der Waals surface area contributed by atoms with Gasteiger partial charge in [-0.25, -0.2) is 0 Å². The minimum atomic E-state index is -4.53. The van der Waals surface area contributed by atoms with Crippen LogP contribution in [-0.2, 0) is 23.9 Å². The molecule has 0 aliphatic rings. The lowest BCUT2D eigenvalue weighted by Crippen LogP contribution is -2.16. The molecule has 3 aromatic rings. The van der Waals surface area contributed by atoms with Crippen molar-refractivity contribution in [2.75, 3.05) is 11.1 Å². The van der Waals surface area contributed by atoms with Crippen molar-refractivity contribution in [3.63, 3.8) is 0 Å². The summed E-state index contributed by atoms with van der Waals surface area (Å²) in [6, 6.07) is 4.86. The number of allylic oxidation sites excluding steroid dienone is 1. The van der Waals surface area contributed by atoms with Crippen LogP contribution in [0.1, 0.15) is 23.8 Å². The molecule has 2 heterocycles. The third-order valence-electron chi connectivity index (χ3n) is 4.34. The van der Waals surface area contributed by atoms with Crippen molar-refractivity contribution in [1.29, 1.82) is 0 Å². The van der Waals surface area contributed by atoms with Gasteiger partial charge in [0.15, 0.2) is 11.0 Å². The maximum atomic E-state index is 12.9. The first-order chi connectivity index (χ1) is 15.2. The summed E-state index contributed by atoms with van der Waals surface area (Å²) in [7, 11) is 0. The molecule has 170 valence electrons. The number of hydrogen-bond donors (Lipinski definition) is 1. The van der Waals surface area contributed by atoms with E-state index in [1.807, 2.05) is 9.95 Å². The molecule has 0 spiro atoms. The van der Waals surface area contributed by atoms with E-state index in [9.17, 15) is 18.0 Å². The predicted octanol–water partition coefficient (Wildman–Crippen LogP) is 6.55. The molecule has 1 N–H and O–H groups in total. The fourth-order valence-corrected chi connectivity index (χ4v) is 4.77. The van der Waals surface area contributed by atoms with Gasteiger partial charge in [-0.05, 0) is 30.7 Å². The molecule has 0 radical (unpaired) electrons. The standard InChI is InChI=1S/C21H20ClF3N4OS2/c1-3-5-15-9-13(11-31-15)19-27-28-20(29(19)8-4-2)32-12-18(30)26-17-10-14(21(23,24)25)6-7-16(17)22/h4,6-7,9-11H,2-3,5,8,12H2,1H3,(H,26,30). The van der Waals surface area contributed by atoms with Gasteiger partial charge in [-0.3, -0.25) is 9.36 Å². The van der Waals surface area contributed by atoms with Crippen LogP contribution in [0.3, 0.4) is 0 Å². The van der Waals surface area contributed by atoms with Gasteiger partial charge in [0.25, 0.3) is 0 Å². The number of thiophene rings is 1. The largest absolute Gasteiger partial charge is 0.416 e. The molecule has 0 unspecified atom stereocenters. The number of hydrogen-bond acceptors (Lipinski definition) is 5. The zero-order chi connectivity index (χ0) is 23.3. The number of halogens is 4. The number of carbonyl (C=O) groups is 1. The van der Waals surface area contributed by atoms with Crippen LogP contribution in [0.2, 0.25) is 5.02 Å². The Morgan fingerprint density at radius 1 is 1.34 bits per heavy atom. The summed E-state index contributed by atoms with van der Waals surface area (Å²) in [5.74, 6) is 0.0890. The highest BCUT2D eigenvalue weighted by molar-refractivity contribution is 7.99. The molecule has 0 aliphatic heterocycles. The fourth-order valence-electron chi connectivity index (χ4n) is 2.89. The maximum Gasteiger partial charge on any atom is 0.416 e. The molecule has 1 amide bonds. The number of aryl methyl sites for hydroxylation is 1. The van der Waals surface area contributed by atoms with Crippen molar-refractivity contribution in [1.82, 2.24) is 14.8 Å². The Balaban J connectivity index is 1.72. The smallest absolute Gasteiger partial charge is 0.324 e. The zero-order valence-electron chi connectivity index (χ0n) is 17.1. The Kier molecular flexibility index (Phi) is 8.02. The first kappa shape index (κ1) is 24.3. The van der Waals surface area contributed by atoms with E-state index in [1.54, 1.807) is 17.4 Å². The van der Waals surface area contributed by atoms with E-state index in [0.717, 1.165) is 48.4 Å². The average Bonchev–Trinajstić information content (AvgIpc) is 3.35. The van der Waals surface area contributed by atoms with Gasteiger partial charge in [-0.1, -0.05) is 42.8 Å². The highest BCUT2D eigenvalue weighted by Crippen LogP contribution is 2.34. The first-order valence-electron chi connectivity index (χ1n) is 9.64. The van der Waals surface area contributed by atoms with Gasteiger partial charge >= 0.3 is 6.18 Å². The summed E-state index contributed by atoms with van der Waals surface area (Å²) in [6.45, 7) is 6.33. The van der Waals surface area contributed by atoms with Crippen LogP contribution in [-0.4, -0.2) is 26.4 Å². The van der Waals surface area contributed by atoms with Crippen molar-refractivity contribution >= 4 is 46.3 Å². The number of nitrogens with zero attached hydrogens (tertiary/aromatic N) is 3. The Bertz CT molecular complexity index is 1110. The van der Waals surface area contributed by atoms with Crippen molar-refractivity contribution in [3.05, 3.63) is 57.8 Å². The van der Waals surface area contributed by atoms with E-state index in [-0.39, 0.29) is 16.5 Å². The number of aromatic nitrogens is 3. The lowest BCUT2D eigenvalue weighted by atomic mass is 10.2. The molecular weight excluding hydrogens is 481 g/mol. The van der Waals surface area contributed by atoms with Gasteiger partial charge < -0.3 is 5.32 Å². The second-order valence-corrected chi connectivity index (χ2v) is 9.13. The van der Waals surface area contributed by atoms with Gasteiger partial charge in [0.05, 0.1) is 22.0 Å². The Labute approximate surface area is 196 Å². The van der Waals surface area contributed by atoms with Gasteiger partial charge in [-0.15, -0.1) is 28.1 Å². The van der Waals surface area contributed by atoms with Gasteiger partial charge in [0, 0.05) is 22.4 Å². The van der Waals surface area contributed by atoms with E-state index in [2.05, 4.69) is 35.1 Å². The monoisotopic (exact) mass is 500 g/mol. The lowest BCUT2D eigenvalue weighted by Gasteiger charge is -2.11. The zero-order valence-corrected chi connectivity index (χ0v) is 19.5. The molecular formula is C21H20ClF3N4OS2. The van der Waals surface area contributed by atoms with E-state index in [4.69, 9.17) is 11.6 Å². The average molecular weight is 501 g/mol. The Hall–Kier alpha value is -2.30. The van der Waals surface area contributed by atoms with Crippen LogP contribution >= 0.6 is 34.7 Å². The number of nitrogens with one attached hydrogen (secondary N) is 1. The number of amides is 1.